The monoisotopic (exact) mass is 447 g/mol. The Labute approximate surface area is 191 Å². The van der Waals surface area contributed by atoms with Gasteiger partial charge in [0.1, 0.15) is 5.82 Å². The molecule has 1 fully saturated rings. The number of hydrogen-bond donors (Lipinski definition) is 1. The van der Waals surface area contributed by atoms with Crippen LogP contribution in [0.15, 0.2) is 54.3 Å². The van der Waals surface area contributed by atoms with E-state index in [2.05, 4.69) is 33.1 Å². The third-order valence-corrected chi connectivity index (χ3v) is 6.71. The molecule has 3 heterocycles. The second-order valence-corrected chi connectivity index (χ2v) is 8.96. The van der Waals surface area contributed by atoms with Gasteiger partial charge in [-0.3, -0.25) is 4.98 Å². The first-order valence-corrected chi connectivity index (χ1v) is 11.6. The lowest BCUT2D eigenvalue weighted by atomic mass is 9.93. The van der Waals surface area contributed by atoms with Crippen molar-refractivity contribution in [2.45, 2.75) is 25.8 Å². The lowest BCUT2D eigenvalue weighted by Crippen LogP contribution is -2.36. The summed E-state index contributed by atoms with van der Waals surface area (Å²) in [4.78, 5) is 25.0. The SMILES string of the molecule is N#Cc1ccc(-c2ccc(N3CCC(CCN(Cc4cncs4)C(=O)O)CC3)nc2)cc1. The molecule has 164 valence electrons. The van der Waals surface area contributed by atoms with E-state index in [0.29, 0.717) is 24.6 Å². The summed E-state index contributed by atoms with van der Waals surface area (Å²) in [5.74, 6) is 1.49. The molecule has 1 saturated heterocycles. The van der Waals surface area contributed by atoms with E-state index in [1.54, 1.807) is 11.7 Å². The third-order valence-electron chi connectivity index (χ3n) is 5.94. The molecule has 32 heavy (non-hydrogen) atoms. The molecule has 1 aliphatic rings. The summed E-state index contributed by atoms with van der Waals surface area (Å²) < 4.78 is 0. The molecular formula is C24H25N5O2S. The standard InChI is InChI=1S/C24H25N5O2S/c25-13-19-1-3-20(4-2-19)21-5-6-23(27-14-21)28-10-7-18(8-11-28)9-12-29(24(30)31)16-22-15-26-17-32-22/h1-6,14-15,17-18H,7-12,16H2,(H,30,31). The average molecular weight is 448 g/mol. The molecule has 1 amide bonds. The summed E-state index contributed by atoms with van der Waals surface area (Å²) >= 11 is 1.49. The molecule has 2 aromatic heterocycles. The number of carbonyl (C=O) groups is 1. The van der Waals surface area contributed by atoms with Gasteiger partial charge in [-0.2, -0.15) is 5.26 Å². The largest absolute Gasteiger partial charge is 0.465 e. The Morgan fingerprint density at radius 2 is 1.91 bits per heavy atom. The Morgan fingerprint density at radius 3 is 2.50 bits per heavy atom. The van der Waals surface area contributed by atoms with Crippen molar-refractivity contribution in [1.82, 2.24) is 14.9 Å². The first kappa shape index (κ1) is 21.8. The van der Waals surface area contributed by atoms with Gasteiger partial charge in [-0.05, 0) is 55.0 Å². The maximum Gasteiger partial charge on any atom is 0.407 e. The number of benzene rings is 1. The highest BCUT2D eigenvalue weighted by Crippen LogP contribution is 2.26. The fourth-order valence-corrected chi connectivity index (χ4v) is 4.63. The first-order chi connectivity index (χ1) is 15.6. The van der Waals surface area contributed by atoms with Gasteiger partial charge in [0.15, 0.2) is 0 Å². The van der Waals surface area contributed by atoms with Crippen LogP contribution in [0.5, 0.6) is 0 Å². The predicted molar refractivity (Wildman–Crippen MR) is 124 cm³/mol. The van der Waals surface area contributed by atoms with E-state index in [1.165, 1.54) is 16.2 Å². The minimum atomic E-state index is -0.873. The molecule has 0 aliphatic carbocycles. The second kappa shape index (κ2) is 10.2. The highest BCUT2D eigenvalue weighted by molar-refractivity contribution is 7.09. The Balaban J connectivity index is 1.27. The number of nitrogens with zero attached hydrogens (tertiary/aromatic N) is 5. The molecule has 4 rings (SSSR count). The van der Waals surface area contributed by atoms with Crippen LogP contribution in [0, 0.1) is 17.2 Å². The fraction of sp³-hybridized carbons (Fsp3) is 0.333. The van der Waals surface area contributed by atoms with E-state index in [-0.39, 0.29) is 0 Å². The molecule has 3 aromatic rings. The van der Waals surface area contributed by atoms with Gasteiger partial charge >= 0.3 is 6.09 Å². The number of hydrogen-bond acceptors (Lipinski definition) is 6. The zero-order valence-corrected chi connectivity index (χ0v) is 18.5. The molecule has 0 spiro atoms. The van der Waals surface area contributed by atoms with E-state index >= 15 is 0 Å². The highest BCUT2D eigenvalue weighted by atomic mass is 32.1. The molecule has 0 radical (unpaired) electrons. The van der Waals surface area contributed by atoms with Crippen molar-refractivity contribution in [3.63, 3.8) is 0 Å². The average Bonchev–Trinajstić information content (AvgIpc) is 3.35. The molecular weight excluding hydrogens is 422 g/mol. The van der Waals surface area contributed by atoms with E-state index < -0.39 is 6.09 Å². The van der Waals surface area contributed by atoms with Gasteiger partial charge < -0.3 is 14.9 Å². The van der Waals surface area contributed by atoms with Crippen LogP contribution in [0.25, 0.3) is 11.1 Å². The zero-order chi connectivity index (χ0) is 22.3. The first-order valence-electron chi connectivity index (χ1n) is 10.7. The Kier molecular flexibility index (Phi) is 6.97. The van der Waals surface area contributed by atoms with Gasteiger partial charge in [-0.25, -0.2) is 9.78 Å². The van der Waals surface area contributed by atoms with Crippen LogP contribution in [0.2, 0.25) is 0 Å². The lowest BCUT2D eigenvalue weighted by molar-refractivity contribution is 0.138. The van der Waals surface area contributed by atoms with E-state index in [1.807, 2.05) is 30.5 Å². The van der Waals surface area contributed by atoms with Crippen molar-refractivity contribution in [2.75, 3.05) is 24.5 Å². The minimum absolute atomic E-state index is 0.411. The molecule has 1 N–H and O–H groups in total. The number of nitriles is 1. The second-order valence-electron chi connectivity index (χ2n) is 7.99. The zero-order valence-electron chi connectivity index (χ0n) is 17.7. The smallest absolute Gasteiger partial charge is 0.407 e. The molecule has 0 unspecified atom stereocenters. The number of carboxylic acid groups (broad SMARTS) is 1. The summed E-state index contributed by atoms with van der Waals surface area (Å²) in [7, 11) is 0. The molecule has 8 heteroatoms. The van der Waals surface area contributed by atoms with Gasteiger partial charge in [0, 0.05) is 42.5 Å². The maximum atomic E-state index is 11.6. The van der Waals surface area contributed by atoms with Crippen LogP contribution in [0.3, 0.4) is 0 Å². The van der Waals surface area contributed by atoms with Crippen molar-refractivity contribution in [3.8, 4) is 17.2 Å². The predicted octanol–water partition coefficient (Wildman–Crippen LogP) is 4.86. The van der Waals surface area contributed by atoms with Crippen molar-refractivity contribution in [3.05, 3.63) is 64.7 Å². The van der Waals surface area contributed by atoms with E-state index in [9.17, 15) is 9.90 Å². The molecule has 7 nitrogen and oxygen atoms in total. The van der Waals surface area contributed by atoms with Crippen LogP contribution < -0.4 is 4.90 Å². The normalized spacial score (nSPS) is 14.2. The molecule has 0 saturated carbocycles. The van der Waals surface area contributed by atoms with Gasteiger partial charge in [-0.1, -0.05) is 12.1 Å². The highest BCUT2D eigenvalue weighted by Gasteiger charge is 2.22. The maximum absolute atomic E-state index is 11.6. The number of aromatic nitrogens is 2. The number of amides is 1. The lowest BCUT2D eigenvalue weighted by Gasteiger charge is -2.33. The quantitative estimate of drug-likeness (QED) is 0.556. The van der Waals surface area contributed by atoms with Crippen LogP contribution >= 0.6 is 11.3 Å². The number of anilines is 1. The van der Waals surface area contributed by atoms with Crippen LogP contribution in [0.4, 0.5) is 10.6 Å². The fourth-order valence-electron chi connectivity index (χ4n) is 4.02. The van der Waals surface area contributed by atoms with E-state index in [4.69, 9.17) is 5.26 Å². The van der Waals surface area contributed by atoms with Crippen molar-refractivity contribution >= 4 is 23.2 Å². The topological polar surface area (TPSA) is 93.4 Å². The number of pyridine rings is 1. The molecule has 0 bridgehead atoms. The summed E-state index contributed by atoms with van der Waals surface area (Å²) in [5, 5.41) is 18.4. The third kappa shape index (κ3) is 5.42. The van der Waals surface area contributed by atoms with Crippen molar-refractivity contribution < 1.29 is 9.90 Å². The number of rotatable bonds is 7. The number of piperidine rings is 1. The van der Waals surface area contributed by atoms with Crippen LogP contribution in [-0.4, -0.2) is 45.7 Å². The Hall–Kier alpha value is -3.44. The Bertz CT molecular complexity index is 1050. The van der Waals surface area contributed by atoms with Gasteiger partial charge in [0.05, 0.1) is 23.7 Å². The molecule has 1 aliphatic heterocycles. The Morgan fingerprint density at radius 1 is 1.16 bits per heavy atom. The van der Waals surface area contributed by atoms with Crippen LogP contribution in [-0.2, 0) is 6.54 Å². The van der Waals surface area contributed by atoms with Gasteiger partial charge in [0.25, 0.3) is 0 Å². The number of thiazole rings is 1. The minimum Gasteiger partial charge on any atom is -0.465 e. The van der Waals surface area contributed by atoms with E-state index in [0.717, 1.165) is 54.2 Å². The summed E-state index contributed by atoms with van der Waals surface area (Å²) in [5.41, 5.74) is 4.46. The molecule has 0 atom stereocenters. The van der Waals surface area contributed by atoms with Gasteiger partial charge in [0.2, 0.25) is 0 Å². The summed E-state index contributed by atoms with van der Waals surface area (Å²) in [6.45, 7) is 2.81. The summed E-state index contributed by atoms with van der Waals surface area (Å²) in [6.07, 6.45) is 5.69. The molecule has 1 aromatic carbocycles. The van der Waals surface area contributed by atoms with Crippen molar-refractivity contribution in [2.24, 2.45) is 5.92 Å². The summed E-state index contributed by atoms with van der Waals surface area (Å²) in [6, 6.07) is 13.8. The van der Waals surface area contributed by atoms with Crippen molar-refractivity contribution in [1.29, 1.82) is 5.26 Å². The van der Waals surface area contributed by atoms with Crippen LogP contribution in [0.1, 0.15) is 29.7 Å². The van der Waals surface area contributed by atoms with Gasteiger partial charge in [-0.15, -0.1) is 11.3 Å².